The number of anilines is 1. The van der Waals surface area contributed by atoms with Crippen molar-refractivity contribution >= 4 is 28.2 Å². The van der Waals surface area contributed by atoms with Crippen LogP contribution in [0.3, 0.4) is 0 Å². The van der Waals surface area contributed by atoms with E-state index in [1.54, 1.807) is 4.68 Å². The number of benzene rings is 1. The first-order valence-corrected chi connectivity index (χ1v) is 4.90. The Morgan fingerprint density at radius 1 is 1.43 bits per heavy atom. The summed E-state index contributed by atoms with van der Waals surface area (Å²) >= 11 is 6.17. The van der Waals surface area contributed by atoms with Crippen LogP contribution in [0.5, 0.6) is 0 Å². The van der Waals surface area contributed by atoms with E-state index < -0.39 is 0 Å². The summed E-state index contributed by atoms with van der Waals surface area (Å²) in [5, 5.41) is 5.95. The highest BCUT2D eigenvalue weighted by Gasteiger charge is 2.10. The van der Waals surface area contributed by atoms with Crippen LogP contribution in [0.1, 0.15) is 19.9 Å². The van der Waals surface area contributed by atoms with Gasteiger partial charge in [0.05, 0.1) is 5.52 Å². The Morgan fingerprint density at radius 3 is 2.79 bits per heavy atom. The van der Waals surface area contributed by atoms with E-state index in [2.05, 4.69) is 5.10 Å². The lowest BCUT2D eigenvalue weighted by Crippen LogP contribution is -2.01. The zero-order valence-corrected chi connectivity index (χ0v) is 8.92. The van der Waals surface area contributed by atoms with Crippen LogP contribution in [0, 0.1) is 0 Å². The van der Waals surface area contributed by atoms with Crippen molar-refractivity contribution in [3.63, 3.8) is 0 Å². The zero-order chi connectivity index (χ0) is 10.3. The Kier molecular flexibility index (Phi) is 2.11. The number of hydrogen-bond acceptors (Lipinski definition) is 2. The van der Waals surface area contributed by atoms with E-state index in [4.69, 9.17) is 17.3 Å². The lowest BCUT2D eigenvalue weighted by molar-refractivity contribution is 0.538. The molecule has 0 spiro atoms. The number of nitrogens with two attached hydrogens (primary N) is 1. The summed E-state index contributed by atoms with van der Waals surface area (Å²) in [4.78, 5) is 0. The van der Waals surface area contributed by atoms with Crippen molar-refractivity contribution in [1.82, 2.24) is 9.78 Å². The fourth-order valence-corrected chi connectivity index (χ4v) is 1.82. The highest BCUT2D eigenvalue weighted by Crippen LogP contribution is 2.27. The standard InChI is InChI=1S/C10H12ClN3/c1-6(2)14-10(11)8-5-7(12)3-4-9(8)13-14/h3-6H,12H2,1-2H3. The number of fused-ring (bicyclic) bond motifs is 1. The highest BCUT2D eigenvalue weighted by molar-refractivity contribution is 6.34. The molecule has 0 unspecified atom stereocenters. The van der Waals surface area contributed by atoms with Gasteiger partial charge in [-0.2, -0.15) is 5.10 Å². The average molecular weight is 210 g/mol. The minimum Gasteiger partial charge on any atom is -0.399 e. The molecule has 2 aromatic rings. The van der Waals surface area contributed by atoms with Gasteiger partial charge in [-0.3, -0.25) is 4.68 Å². The number of rotatable bonds is 1. The van der Waals surface area contributed by atoms with E-state index in [1.165, 1.54) is 0 Å². The summed E-state index contributed by atoms with van der Waals surface area (Å²) in [5.74, 6) is 0. The van der Waals surface area contributed by atoms with Crippen molar-refractivity contribution in [3.05, 3.63) is 23.4 Å². The summed E-state index contributed by atoms with van der Waals surface area (Å²) in [6, 6.07) is 5.83. The number of aromatic nitrogens is 2. The molecule has 0 aliphatic heterocycles. The van der Waals surface area contributed by atoms with E-state index in [1.807, 2.05) is 32.0 Å². The maximum absolute atomic E-state index is 6.17. The largest absolute Gasteiger partial charge is 0.399 e. The second kappa shape index (κ2) is 3.17. The SMILES string of the molecule is CC(C)n1nc2ccc(N)cc2c1Cl. The fraction of sp³-hybridized carbons (Fsp3) is 0.300. The van der Waals surface area contributed by atoms with Crippen molar-refractivity contribution in [2.45, 2.75) is 19.9 Å². The van der Waals surface area contributed by atoms with Crippen LogP contribution < -0.4 is 5.73 Å². The van der Waals surface area contributed by atoms with Crippen LogP contribution in [0.4, 0.5) is 5.69 Å². The maximum Gasteiger partial charge on any atom is 0.135 e. The minimum absolute atomic E-state index is 0.260. The molecular weight excluding hydrogens is 198 g/mol. The number of halogens is 1. The lowest BCUT2D eigenvalue weighted by atomic mass is 10.2. The predicted octanol–water partition coefficient (Wildman–Crippen LogP) is 2.85. The van der Waals surface area contributed by atoms with E-state index in [9.17, 15) is 0 Å². The minimum atomic E-state index is 0.260. The van der Waals surface area contributed by atoms with Crippen LogP contribution in [0.2, 0.25) is 5.15 Å². The van der Waals surface area contributed by atoms with E-state index in [0.29, 0.717) is 10.8 Å². The average Bonchev–Trinajstić information content (AvgIpc) is 2.44. The number of nitrogen functional groups attached to an aromatic ring is 1. The van der Waals surface area contributed by atoms with Crippen molar-refractivity contribution in [3.8, 4) is 0 Å². The molecule has 2 N–H and O–H groups in total. The second-order valence-corrected chi connectivity index (χ2v) is 3.96. The molecule has 0 fully saturated rings. The number of hydrogen-bond donors (Lipinski definition) is 1. The summed E-state index contributed by atoms with van der Waals surface area (Å²) < 4.78 is 1.80. The van der Waals surface area contributed by atoms with Crippen LogP contribution >= 0.6 is 11.6 Å². The Morgan fingerprint density at radius 2 is 2.14 bits per heavy atom. The van der Waals surface area contributed by atoms with Gasteiger partial charge in [-0.25, -0.2) is 0 Å². The summed E-state index contributed by atoms with van der Waals surface area (Å²) in [5.41, 5.74) is 7.28. The molecule has 0 atom stereocenters. The van der Waals surface area contributed by atoms with Gasteiger partial charge in [0.25, 0.3) is 0 Å². The van der Waals surface area contributed by atoms with Gasteiger partial charge in [-0.1, -0.05) is 11.6 Å². The third-order valence-electron chi connectivity index (χ3n) is 2.15. The van der Waals surface area contributed by atoms with E-state index in [0.717, 1.165) is 10.9 Å². The molecule has 0 radical (unpaired) electrons. The first kappa shape index (κ1) is 9.34. The molecule has 74 valence electrons. The van der Waals surface area contributed by atoms with Gasteiger partial charge in [-0.05, 0) is 32.0 Å². The second-order valence-electron chi connectivity index (χ2n) is 3.61. The Balaban J connectivity index is 2.74. The summed E-state index contributed by atoms with van der Waals surface area (Å²) in [6.45, 7) is 4.09. The Labute approximate surface area is 87.5 Å². The third kappa shape index (κ3) is 1.34. The van der Waals surface area contributed by atoms with Gasteiger partial charge < -0.3 is 5.73 Å². The van der Waals surface area contributed by atoms with Crippen molar-refractivity contribution in [2.24, 2.45) is 0 Å². The molecule has 14 heavy (non-hydrogen) atoms. The van der Waals surface area contributed by atoms with Crippen molar-refractivity contribution < 1.29 is 0 Å². The van der Waals surface area contributed by atoms with Gasteiger partial charge in [0, 0.05) is 17.1 Å². The Hall–Kier alpha value is -1.22. The quantitative estimate of drug-likeness (QED) is 0.734. The maximum atomic E-state index is 6.17. The normalized spacial score (nSPS) is 11.4. The van der Waals surface area contributed by atoms with Crippen molar-refractivity contribution in [2.75, 3.05) is 5.73 Å². The third-order valence-corrected chi connectivity index (χ3v) is 2.53. The van der Waals surface area contributed by atoms with Crippen LogP contribution in [0.15, 0.2) is 18.2 Å². The molecule has 0 amide bonds. The molecule has 0 aliphatic rings. The Bertz CT molecular complexity index is 473. The highest BCUT2D eigenvalue weighted by atomic mass is 35.5. The fourth-order valence-electron chi connectivity index (χ4n) is 1.43. The molecule has 0 aliphatic carbocycles. The molecule has 3 nitrogen and oxygen atoms in total. The van der Waals surface area contributed by atoms with Gasteiger partial charge >= 0.3 is 0 Å². The van der Waals surface area contributed by atoms with Crippen LogP contribution in [-0.4, -0.2) is 9.78 Å². The van der Waals surface area contributed by atoms with Crippen molar-refractivity contribution in [1.29, 1.82) is 0 Å². The molecule has 2 rings (SSSR count). The monoisotopic (exact) mass is 209 g/mol. The molecular formula is C10H12ClN3. The zero-order valence-electron chi connectivity index (χ0n) is 8.16. The molecule has 1 aromatic heterocycles. The molecule has 0 saturated heterocycles. The first-order chi connectivity index (χ1) is 6.59. The van der Waals surface area contributed by atoms with E-state index in [-0.39, 0.29) is 6.04 Å². The summed E-state index contributed by atoms with van der Waals surface area (Å²) in [6.07, 6.45) is 0. The van der Waals surface area contributed by atoms with Gasteiger partial charge in [-0.15, -0.1) is 0 Å². The van der Waals surface area contributed by atoms with Gasteiger partial charge in [0.1, 0.15) is 5.15 Å². The lowest BCUT2D eigenvalue weighted by Gasteiger charge is -2.05. The van der Waals surface area contributed by atoms with E-state index >= 15 is 0 Å². The first-order valence-electron chi connectivity index (χ1n) is 4.53. The molecule has 1 aromatic carbocycles. The molecule has 0 bridgehead atoms. The smallest absolute Gasteiger partial charge is 0.135 e. The van der Waals surface area contributed by atoms with Crippen LogP contribution in [0.25, 0.3) is 10.9 Å². The molecule has 1 heterocycles. The number of nitrogens with zero attached hydrogens (tertiary/aromatic N) is 2. The van der Waals surface area contributed by atoms with Gasteiger partial charge in [0.2, 0.25) is 0 Å². The topological polar surface area (TPSA) is 43.8 Å². The predicted molar refractivity (Wildman–Crippen MR) is 59.5 cm³/mol. The van der Waals surface area contributed by atoms with Gasteiger partial charge in [0.15, 0.2) is 0 Å². The molecule has 4 heteroatoms. The molecule has 0 saturated carbocycles. The van der Waals surface area contributed by atoms with Crippen LogP contribution in [-0.2, 0) is 0 Å². The summed E-state index contributed by atoms with van der Waals surface area (Å²) in [7, 11) is 0.